The lowest BCUT2D eigenvalue weighted by atomic mass is 10.0. The molecule has 0 radical (unpaired) electrons. The van der Waals surface area contributed by atoms with Gasteiger partial charge in [0, 0.05) is 48.0 Å². The third kappa shape index (κ3) is 5.75. The van der Waals surface area contributed by atoms with Crippen molar-refractivity contribution >= 4 is 35.4 Å². The summed E-state index contributed by atoms with van der Waals surface area (Å²) in [5.74, 6) is 0.303. The van der Waals surface area contributed by atoms with Crippen LogP contribution < -0.4 is 15.1 Å². The molecule has 2 saturated heterocycles. The molecule has 2 aliphatic rings. The highest BCUT2D eigenvalue weighted by Gasteiger charge is 2.50. The van der Waals surface area contributed by atoms with E-state index in [0.717, 1.165) is 24.2 Å². The van der Waals surface area contributed by atoms with Crippen LogP contribution in [0, 0.1) is 0 Å². The van der Waals surface area contributed by atoms with E-state index in [1.807, 2.05) is 30.3 Å². The van der Waals surface area contributed by atoms with Crippen LogP contribution in [0.3, 0.4) is 0 Å². The van der Waals surface area contributed by atoms with Crippen molar-refractivity contribution in [1.82, 2.24) is 15.0 Å². The van der Waals surface area contributed by atoms with Crippen molar-refractivity contribution in [1.29, 1.82) is 0 Å². The zero-order valence-corrected chi connectivity index (χ0v) is 22.2. The molecule has 2 amide bonds. The van der Waals surface area contributed by atoms with Gasteiger partial charge in [0.05, 0.1) is 12.1 Å². The first kappa shape index (κ1) is 26.7. The van der Waals surface area contributed by atoms with E-state index in [2.05, 4.69) is 10.3 Å². The first-order chi connectivity index (χ1) is 18.8. The van der Waals surface area contributed by atoms with Gasteiger partial charge >= 0.3 is 12.0 Å². The number of hydrogen-bond acceptors (Lipinski definition) is 9. The Bertz CT molecular complexity index is 1340. The molecule has 3 aromatic rings. The maximum atomic E-state index is 13.2. The largest absolute Gasteiger partial charge is 0.492 e. The molecule has 1 aromatic carbocycles. The molecule has 206 valence electrons. The Morgan fingerprint density at radius 3 is 2.59 bits per heavy atom. The van der Waals surface area contributed by atoms with Crippen LogP contribution in [0.2, 0.25) is 0 Å². The number of aromatic hydroxyl groups is 2. The van der Waals surface area contributed by atoms with Crippen molar-refractivity contribution in [3.63, 3.8) is 0 Å². The Hall–Kier alpha value is -3.93. The summed E-state index contributed by atoms with van der Waals surface area (Å²) in [5.41, 5.74) is 1.41. The molecule has 0 saturated carbocycles. The van der Waals surface area contributed by atoms with Crippen molar-refractivity contribution in [3.8, 4) is 23.0 Å². The summed E-state index contributed by atoms with van der Waals surface area (Å²) >= 11 is 1.77. The van der Waals surface area contributed by atoms with Gasteiger partial charge in [-0.15, -0.1) is 4.73 Å². The highest BCUT2D eigenvalue weighted by atomic mass is 32.2. The van der Waals surface area contributed by atoms with Gasteiger partial charge in [-0.05, 0) is 19.8 Å². The van der Waals surface area contributed by atoms with E-state index < -0.39 is 5.97 Å². The van der Waals surface area contributed by atoms with Gasteiger partial charge in [-0.3, -0.25) is 4.90 Å². The number of anilines is 1. The molecule has 3 atom stereocenters. The second-order valence-electron chi connectivity index (χ2n) is 9.67. The Kier molecular flexibility index (Phi) is 7.82. The number of nitrogens with one attached hydrogen (secondary N) is 1. The van der Waals surface area contributed by atoms with Crippen LogP contribution in [0.4, 0.5) is 10.7 Å². The molecule has 12 heteroatoms. The van der Waals surface area contributed by atoms with Crippen LogP contribution in [0.5, 0.6) is 11.8 Å². The molecule has 3 N–H and O–H groups in total. The predicted molar refractivity (Wildman–Crippen MR) is 144 cm³/mol. The van der Waals surface area contributed by atoms with Gasteiger partial charge in [0.15, 0.2) is 5.89 Å². The number of aromatic nitrogens is 2. The van der Waals surface area contributed by atoms with Crippen molar-refractivity contribution in [2.75, 3.05) is 10.7 Å². The lowest BCUT2D eigenvalue weighted by Gasteiger charge is -2.20. The molecule has 0 spiro atoms. The topological polar surface area (TPSA) is 147 Å². The molecule has 2 aliphatic heterocycles. The maximum absolute atomic E-state index is 13.2. The normalized spacial score (nSPS) is 20.2. The second kappa shape index (κ2) is 11.4. The Labute approximate surface area is 229 Å². The number of Topliss-reactive ketones (excluding diaryl/α,β-unsaturated/α-hetero) is 1. The third-order valence-electron chi connectivity index (χ3n) is 6.86. The standard InChI is InChI=1S/C27H30N4O7S/c1-16(32)11-12-20-28-24(17-7-3-2-4-8-17)26(37-20)30-18-15-39-19(25(18)29-27(30)36)9-5-6-10-23(35)38-31-21(33)13-14-22(31)34/h2-4,7-8,13-14,18-19,25,33-34H,5-6,9-12,15H2,1H3,(H,29,36). The number of thioether (sulfide) groups is 1. The number of benzene rings is 1. The van der Waals surface area contributed by atoms with E-state index in [9.17, 15) is 24.6 Å². The summed E-state index contributed by atoms with van der Waals surface area (Å²) in [6.07, 6.45) is 2.89. The Balaban J connectivity index is 1.22. The SMILES string of the molecule is CC(=O)CCc1nc(-c2ccccc2)c(N2C(=O)NC3C(CCCCC(=O)On4c(O)ccc4O)SCC32)o1. The Morgan fingerprint density at radius 1 is 1.13 bits per heavy atom. The fourth-order valence-corrected chi connectivity index (χ4v) is 6.51. The second-order valence-corrected chi connectivity index (χ2v) is 10.9. The zero-order chi connectivity index (χ0) is 27.5. The average molecular weight is 555 g/mol. The number of hydrogen-bond donors (Lipinski definition) is 3. The van der Waals surface area contributed by atoms with E-state index in [4.69, 9.17) is 9.25 Å². The van der Waals surface area contributed by atoms with E-state index in [1.54, 1.807) is 16.7 Å². The highest BCUT2D eigenvalue weighted by molar-refractivity contribution is 8.00. The van der Waals surface area contributed by atoms with Gasteiger partial charge < -0.3 is 29.6 Å². The molecule has 3 unspecified atom stereocenters. The minimum absolute atomic E-state index is 0.0410. The van der Waals surface area contributed by atoms with Crippen LogP contribution in [0.25, 0.3) is 11.3 Å². The maximum Gasteiger partial charge on any atom is 0.333 e. The number of fused-ring (bicyclic) bond motifs is 1. The molecule has 39 heavy (non-hydrogen) atoms. The van der Waals surface area contributed by atoms with E-state index in [1.165, 1.54) is 19.1 Å². The molecule has 11 nitrogen and oxygen atoms in total. The molecule has 2 aromatic heterocycles. The average Bonchev–Trinajstić information content (AvgIpc) is 3.66. The predicted octanol–water partition coefficient (Wildman–Crippen LogP) is 3.67. The smallest absolute Gasteiger partial charge is 0.333 e. The lowest BCUT2D eigenvalue weighted by molar-refractivity contribution is -0.145. The number of nitrogens with zero attached hydrogens (tertiary/aromatic N) is 3. The molecule has 5 rings (SSSR count). The number of oxazole rings is 1. The summed E-state index contributed by atoms with van der Waals surface area (Å²) in [7, 11) is 0. The minimum atomic E-state index is -0.562. The monoisotopic (exact) mass is 554 g/mol. The van der Waals surface area contributed by atoms with Crippen LogP contribution in [-0.2, 0) is 16.0 Å². The number of aryl methyl sites for hydroxylation is 1. The summed E-state index contributed by atoms with van der Waals surface area (Å²) in [5, 5.41) is 22.5. The van der Waals surface area contributed by atoms with Gasteiger partial charge in [0.2, 0.25) is 17.6 Å². The lowest BCUT2D eigenvalue weighted by Crippen LogP contribution is -2.38. The van der Waals surface area contributed by atoms with E-state index in [-0.39, 0.29) is 47.3 Å². The summed E-state index contributed by atoms with van der Waals surface area (Å²) in [6.45, 7) is 1.53. The summed E-state index contributed by atoms with van der Waals surface area (Å²) < 4.78 is 6.79. The number of amides is 2. The minimum Gasteiger partial charge on any atom is -0.492 e. The van der Waals surface area contributed by atoms with Gasteiger partial charge in [-0.25, -0.2) is 14.6 Å². The molecule has 0 aliphatic carbocycles. The number of urea groups is 1. The summed E-state index contributed by atoms with van der Waals surface area (Å²) in [6, 6.07) is 11.5. The van der Waals surface area contributed by atoms with Crippen molar-refractivity contribution in [2.45, 2.75) is 62.8 Å². The molecular weight excluding hydrogens is 524 g/mol. The summed E-state index contributed by atoms with van der Waals surface area (Å²) in [4.78, 5) is 48.1. The van der Waals surface area contributed by atoms with Crippen molar-refractivity contribution in [2.24, 2.45) is 0 Å². The number of unbranched alkanes of at least 4 members (excludes halogenated alkanes) is 1. The zero-order valence-electron chi connectivity index (χ0n) is 21.4. The highest BCUT2D eigenvalue weighted by Crippen LogP contribution is 2.42. The fourth-order valence-electron chi connectivity index (χ4n) is 4.92. The van der Waals surface area contributed by atoms with E-state index in [0.29, 0.717) is 41.5 Å². The molecular formula is C27H30N4O7S. The van der Waals surface area contributed by atoms with Crippen LogP contribution in [0.1, 0.15) is 44.9 Å². The third-order valence-corrected chi connectivity index (χ3v) is 8.35. The molecule has 0 bridgehead atoms. The number of ketones is 1. The first-order valence-corrected chi connectivity index (χ1v) is 13.9. The molecule has 2 fully saturated rings. The van der Waals surface area contributed by atoms with Crippen LogP contribution in [-0.4, -0.2) is 60.8 Å². The van der Waals surface area contributed by atoms with Crippen molar-refractivity contribution < 1.29 is 33.9 Å². The van der Waals surface area contributed by atoms with Crippen LogP contribution in [0.15, 0.2) is 46.9 Å². The van der Waals surface area contributed by atoms with Gasteiger partial charge in [-0.1, -0.05) is 36.8 Å². The number of rotatable bonds is 11. The molecule has 4 heterocycles. The van der Waals surface area contributed by atoms with E-state index >= 15 is 0 Å². The van der Waals surface area contributed by atoms with Gasteiger partial charge in [0.1, 0.15) is 11.5 Å². The number of carbonyl (C=O) groups excluding carboxylic acids is 3. The Morgan fingerprint density at radius 2 is 1.87 bits per heavy atom. The quantitative estimate of drug-likeness (QED) is 0.239. The van der Waals surface area contributed by atoms with Crippen LogP contribution >= 0.6 is 11.8 Å². The number of carbonyl (C=O) groups is 3. The fraction of sp³-hybridized carbons (Fsp3) is 0.407. The van der Waals surface area contributed by atoms with Gasteiger partial charge in [0.25, 0.3) is 0 Å². The van der Waals surface area contributed by atoms with Crippen molar-refractivity contribution in [3.05, 3.63) is 48.4 Å². The van der Waals surface area contributed by atoms with Gasteiger partial charge in [-0.2, -0.15) is 11.8 Å². The first-order valence-electron chi connectivity index (χ1n) is 12.9.